The number of aryl methyl sites for hydroxylation is 1. The Morgan fingerprint density at radius 3 is 3.15 bits per heavy atom. The molecule has 1 unspecified atom stereocenters. The number of thiophene rings is 1. The van der Waals surface area contributed by atoms with Crippen LogP contribution in [-0.2, 0) is 4.74 Å². The zero-order valence-electron chi connectivity index (χ0n) is 7.82. The fourth-order valence-electron chi connectivity index (χ4n) is 1.50. The maximum absolute atomic E-state index is 5.30. The summed E-state index contributed by atoms with van der Waals surface area (Å²) in [7, 11) is 0. The molecule has 0 saturated carbocycles. The van der Waals surface area contributed by atoms with E-state index in [9.17, 15) is 0 Å². The van der Waals surface area contributed by atoms with Crippen molar-refractivity contribution < 1.29 is 4.74 Å². The molecule has 0 amide bonds. The van der Waals surface area contributed by atoms with Gasteiger partial charge in [-0.2, -0.15) is 0 Å². The molecule has 0 aromatic carbocycles. The number of hydrogen-bond acceptors (Lipinski definition) is 2. The lowest BCUT2D eigenvalue weighted by molar-refractivity contribution is 0.191. The zero-order chi connectivity index (χ0) is 9.10. The minimum atomic E-state index is 0.639. The molecule has 1 aliphatic rings. The Kier molecular flexibility index (Phi) is 2.81. The van der Waals surface area contributed by atoms with E-state index in [0.29, 0.717) is 5.92 Å². The van der Waals surface area contributed by atoms with Crippen LogP contribution >= 0.6 is 11.3 Å². The highest BCUT2D eigenvalue weighted by molar-refractivity contribution is 7.10. The predicted molar refractivity (Wildman–Crippen MR) is 57.0 cm³/mol. The molecule has 0 spiro atoms. The Hall–Kier alpha value is -0.600. The Morgan fingerprint density at radius 1 is 1.62 bits per heavy atom. The third kappa shape index (κ3) is 2.42. The summed E-state index contributed by atoms with van der Waals surface area (Å²) >= 11 is 1.80. The van der Waals surface area contributed by atoms with Gasteiger partial charge < -0.3 is 4.74 Å². The van der Waals surface area contributed by atoms with Gasteiger partial charge in [-0.25, -0.2) is 0 Å². The molecule has 1 aliphatic heterocycles. The molecule has 0 aliphatic carbocycles. The smallest absolute Gasteiger partial charge is 0.0529 e. The minimum Gasteiger partial charge on any atom is -0.381 e. The maximum Gasteiger partial charge on any atom is 0.0529 e. The Balaban J connectivity index is 1.96. The van der Waals surface area contributed by atoms with Crippen LogP contribution in [0.15, 0.2) is 17.5 Å². The summed E-state index contributed by atoms with van der Waals surface area (Å²) in [6, 6.07) is 2.22. The minimum absolute atomic E-state index is 0.639. The highest BCUT2D eigenvalue weighted by Crippen LogP contribution is 2.18. The van der Waals surface area contributed by atoms with E-state index >= 15 is 0 Å². The summed E-state index contributed by atoms with van der Waals surface area (Å²) in [6.45, 7) is 3.97. The van der Waals surface area contributed by atoms with Gasteiger partial charge in [-0.15, -0.1) is 11.3 Å². The van der Waals surface area contributed by atoms with Gasteiger partial charge in [0.25, 0.3) is 0 Å². The van der Waals surface area contributed by atoms with Gasteiger partial charge in [0, 0.05) is 17.4 Å². The molecule has 2 heteroatoms. The summed E-state index contributed by atoms with van der Waals surface area (Å²) in [4.78, 5) is 1.38. The molecule has 0 N–H and O–H groups in total. The first-order valence-corrected chi connectivity index (χ1v) is 5.53. The molecule has 0 bridgehead atoms. The number of rotatable bonds is 2. The third-order valence-corrected chi connectivity index (χ3v) is 3.16. The second kappa shape index (κ2) is 4.07. The van der Waals surface area contributed by atoms with Gasteiger partial charge in [0.1, 0.15) is 0 Å². The van der Waals surface area contributed by atoms with Gasteiger partial charge in [0.2, 0.25) is 0 Å². The normalized spacial score (nSPS) is 23.0. The van der Waals surface area contributed by atoms with Crippen LogP contribution in [0.1, 0.15) is 16.9 Å². The SMILES string of the molecule is Cc1cc(/C=C/C2CCOC2)cs1. The molecule has 70 valence electrons. The number of ether oxygens (including phenoxy) is 1. The number of hydrogen-bond donors (Lipinski definition) is 0. The van der Waals surface area contributed by atoms with Gasteiger partial charge in [0.05, 0.1) is 6.61 Å². The van der Waals surface area contributed by atoms with E-state index in [-0.39, 0.29) is 0 Å². The molecule has 13 heavy (non-hydrogen) atoms. The summed E-state index contributed by atoms with van der Waals surface area (Å²) in [5.74, 6) is 0.639. The molecular weight excluding hydrogens is 180 g/mol. The average Bonchev–Trinajstić information content (AvgIpc) is 2.71. The summed E-state index contributed by atoms with van der Waals surface area (Å²) in [6.07, 6.45) is 5.66. The first-order valence-electron chi connectivity index (χ1n) is 4.66. The highest BCUT2D eigenvalue weighted by atomic mass is 32.1. The van der Waals surface area contributed by atoms with Crippen LogP contribution in [0, 0.1) is 12.8 Å². The quantitative estimate of drug-likeness (QED) is 0.703. The van der Waals surface area contributed by atoms with E-state index < -0.39 is 0 Å². The van der Waals surface area contributed by atoms with Gasteiger partial charge >= 0.3 is 0 Å². The third-order valence-electron chi connectivity index (χ3n) is 2.28. The van der Waals surface area contributed by atoms with Crippen molar-refractivity contribution >= 4 is 17.4 Å². The van der Waals surface area contributed by atoms with Gasteiger partial charge in [0.15, 0.2) is 0 Å². The topological polar surface area (TPSA) is 9.23 Å². The predicted octanol–water partition coefficient (Wildman–Crippen LogP) is 3.11. The van der Waals surface area contributed by atoms with Crippen LogP contribution in [0.3, 0.4) is 0 Å². The van der Waals surface area contributed by atoms with Crippen LogP contribution < -0.4 is 0 Å². The van der Waals surface area contributed by atoms with Crippen molar-refractivity contribution in [2.75, 3.05) is 13.2 Å². The Bertz CT molecular complexity index is 295. The molecule has 1 fully saturated rings. The van der Waals surface area contributed by atoms with Gasteiger partial charge in [-0.3, -0.25) is 0 Å². The lowest BCUT2D eigenvalue weighted by Gasteiger charge is -1.96. The maximum atomic E-state index is 5.30. The fourth-order valence-corrected chi connectivity index (χ4v) is 2.18. The van der Waals surface area contributed by atoms with E-state index in [4.69, 9.17) is 4.74 Å². The van der Waals surface area contributed by atoms with Crippen LogP contribution in [0.5, 0.6) is 0 Å². The van der Waals surface area contributed by atoms with Crippen LogP contribution in [-0.4, -0.2) is 13.2 Å². The molecule has 1 aromatic rings. The Morgan fingerprint density at radius 2 is 2.54 bits per heavy atom. The van der Waals surface area contributed by atoms with Crippen molar-refractivity contribution in [1.29, 1.82) is 0 Å². The van der Waals surface area contributed by atoms with Crippen molar-refractivity contribution in [2.24, 2.45) is 5.92 Å². The molecule has 0 radical (unpaired) electrons. The van der Waals surface area contributed by atoms with Crippen LogP contribution in [0.25, 0.3) is 6.08 Å². The van der Waals surface area contributed by atoms with E-state index in [1.807, 2.05) is 0 Å². The Labute approximate surface area is 83.0 Å². The zero-order valence-corrected chi connectivity index (χ0v) is 8.64. The molecule has 2 heterocycles. The van der Waals surface area contributed by atoms with Crippen LogP contribution in [0.2, 0.25) is 0 Å². The molecule has 1 atom stereocenters. The first kappa shape index (κ1) is 8.97. The van der Waals surface area contributed by atoms with Crippen LogP contribution in [0.4, 0.5) is 0 Å². The van der Waals surface area contributed by atoms with E-state index in [2.05, 4.69) is 30.5 Å². The van der Waals surface area contributed by atoms with E-state index in [1.54, 1.807) is 11.3 Å². The lowest BCUT2D eigenvalue weighted by atomic mass is 10.1. The standard InChI is InChI=1S/C11H14OS/c1-9-6-11(8-13-9)3-2-10-4-5-12-7-10/h2-3,6,8,10H,4-5,7H2,1H3/b3-2+. The highest BCUT2D eigenvalue weighted by Gasteiger charge is 2.11. The molecule has 1 saturated heterocycles. The van der Waals surface area contributed by atoms with Gasteiger partial charge in [-0.05, 0) is 30.4 Å². The lowest BCUT2D eigenvalue weighted by Crippen LogP contribution is -1.92. The largest absolute Gasteiger partial charge is 0.381 e. The summed E-state index contributed by atoms with van der Waals surface area (Å²) in [5, 5.41) is 2.20. The second-order valence-electron chi connectivity index (χ2n) is 3.47. The van der Waals surface area contributed by atoms with E-state index in [0.717, 1.165) is 13.2 Å². The van der Waals surface area contributed by atoms with Crippen molar-refractivity contribution in [2.45, 2.75) is 13.3 Å². The summed E-state index contributed by atoms with van der Waals surface area (Å²) < 4.78 is 5.30. The average molecular weight is 194 g/mol. The molecule has 2 rings (SSSR count). The first-order chi connectivity index (χ1) is 6.34. The fraction of sp³-hybridized carbons (Fsp3) is 0.455. The second-order valence-corrected chi connectivity index (χ2v) is 4.59. The molecule has 1 nitrogen and oxygen atoms in total. The van der Waals surface area contributed by atoms with Crippen molar-refractivity contribution in [3.05, 3.63) is 28.0 Å². The summed E-state index contributed by atoms with van der Waals surface area (Å²) in [5.41, 5.74) is 1.33. The molecule has 1 aromatic heterocycles. The van der Waals surface area contributed by atoms with E-state index in [1.165, 1.54) is 16.9 Å². The van der Waals surface area contributed by atoms with Crippen molar-refractivity contribution in [1.82, 2.24) is 0 Å². The van der Waals surface area contributed by atoms with Crippen molar-refractivity contribution in [3.63, 3.8) is 0 Å². The molecular formula is C11H14OS. The monoisotopic (exact) mass is 194 g/mol. The van der Waals surface area contributed by atoms with Crippen molar-refractivity contribution in [3.8, 4) is 0 Å². The van der Waals surface area contributed by atoms with Gasteiger partial charge in [-0.1, -0.05) is 12.2 Å².